The zero-order chi connectivity index (χ0) is 15.2. The lowest BCUT2D eigenvalue weighted by Crippen LogP contribution is -2.05. The predicted octanol–water partition coefficient (Wildman–Crippen LogP) is 4.39. The third kappa shape index (κ3) is 13.6. The Bertz CT molecular complexity index is 259. The van der Waals surface area contributed by atoms with Gasteiger partial charge in [0.25, 0.3) is 0 Å². The van der Waals surface area contributed by atoms with E-state index in [0.29, 0.717) is 12.2 Å². The van der Waals surface area contributed by atoms with E-state index in [1.54, 1.807) is 6.92 Å². The molecule has 0 fully saturated rings. The van der Waals surface area contributed by atoms with Crippen LogP contribution in [0.4, 0.5) is 0 Å². The molecule has 0 aromatic heterocycles. The number of hydrogen-bond acceptors (Lipinski definition) is 3. The van der Waals surface area contributed by atoms with Crippen LogP contribution in [0.25, 0.3) is 0 Å². The molecule has 1 N–H and O–H groups in total. The molecule has 0 radical (unpaired) electrons. The summed E-state index contributed by atoms with van der Waals surface area (Å²) < 4.78 is 5.04. The molecule has 0 spiro atoms. The van der Waals surface area contributed by atoms with Gasteiger partial charge in [0.15, 0.2) is 0 Å². The number of aliphatic hydroxyl groups excluding tert-OH is 1. The minimum Gasteiger partial charge on any atom is -0.462 e. The van der Waals surface area contributed by atoms with E-state index in [1.807, 2.05) is 6.92 Å². The Hall–Kier alpha value is -0.830. The molecule has 3 nitrogen and oxygen atoms in total. The van der Waals surface area contributed by atoms with Gasteiger partial charge in [0.1, 0.15) is 0 Å². The van der Waals surface area contributed by atoms with E-state index in [2.05, 4.69) is 6.58 Å². The molecule has 0 bridgehead atoms. The van der Waals surface area contributed by atoms with Gasteiger partial charge in [-0.05, 0) is 26.7 Å². The molecule has 0 saturated carbocycles. The van der Waals surface area contributed by atoms with Crippen molar-refractivity contribution in [2.75, 3.05) is 6.61 Å². The van der Waals surface area contributed by atoms with Gasteiger partial charge in [-0.15, -0.1) is 0 Å². The lowest BCUT2D eigenvalue weighted by atomic mass is 10.1. The summed E-state index contributed by atoms with van der Waals surface area (Å²) in [6.45, 7) is 7.59. The van der Waals surface area contributed by atoms with E-state index >= 15 is 0 Å². The molecule has 0 aliphatic carbocycles. The van der Waals surface area contributed by atoms with E-state index in [1.165, 1.54) is 38.5 Å². The van der Waals surface area contributed by atoms with Gasteiger partial charge in [-0.25, -0.2) is 4.79 Å². The number of carbonyl (C=O) groups excluding carboxylic acids is 1. The minimum absolute atomic E-state index is 0.144. The van der Waals surface area contributed by atoms with Crippen molar-refractivity contribution in [1.29, 1.82) is 0 Å². The fraction of sp³-hybridized carbons (Fsp3) is 0.824. The number of carbonyl (C=O) groups is 1. The highest BCUT2D eigenvalue weighted by atomic mass is 16.5. The first kappa shape index (κ1) is 19.2. The predicted molar refractivity (Wildman–Crippen MR) is 83.6 cm³/mol. The van der Waals surface area contributed by atoms with Crippen molar-refractivity contribution in [3.8, 4) is 0 Å². The standard InChI is InChI=1S/C17H32O3/c1-15(2)17(19)20-14-12-10-8-6-4-5-7-9-11-13-16(3)18/h16,18H,1,4-14H2,2-3H3. The van der Waals surface area contributed by atoms with Crippen LogP contribution in [-0.2, 0) is 9.53 Å². The first-order chi connectivity index (χ1) is 9.54. The van der Waals surface area contributed by atoms with Crippen LogP contribution in [0.3, 0.4) is 0 Å². The molecule has 0 aliphatic rings. The van der Waals surface area contributed by atoms with Gasteiger partial charge in [-0.3, -0.25) is 0 Å². The van der Waals surface area contributed by atoms with Crippen LogP contribution in [0.5, 0.6) is 0 Å². The van der Waals surface area contributed by atoms with Crippen LogP contribution in [0.15, 0.2) is 12.2 Å². The molecule has 0 saturated heterocycles. The molecule has 0 amide bonds. The minimum atomic E-state index is -0.276. The molecule has 1 unspecified atom stereocenters. The van der Waals surface area contributed by atoms with Crippen LogP contribution in [0.2, 0.25) is 0 Å². The van der Waals surface area contributed by atoms with E-state index in [9.17, 15) is 4.79 Å². The molecular formula is C17H32O3. The fourth-order valence-electron chi connectivity index (χ4n) is 2.07. The number of aliphatic hydroxyl groups is 1. The molecule has 0 rings (SSSR count). The van der Waals surface area contributed by atoms with Gasteiger partial charge < -0.3 is 9.84 Å². The Morgan fingerprint density at radius 1 is 1.00 bits per heavy atom. The summed E-state index contributed by atoms with van der Waals surface area (Å²) in [4.78, 5) is 11.1. The van der Waals surface area contributed by atoms with Gasteiger partial charge in [0, 0.05) is 5.57 Å². The molecule has 0 aromatic rings. The van der Waals surface area contributed by atoms with Crippen molar-refractivity contribution >= 4 is 5.97 Å². The summed E-state index contributed by atoms with van der Waals surface area (Å²) in [5.74, 6) is -0.276. The molecule has 0 aromatic carbocycles. The summed E-state index contributed by atoms with van der Waals surface area (Å²) in [5.41, 5.74) is 0.473. The first-order valence-corrected chi connectivity index (χ1v) is 8.04. The SMILES string of the molecule is C=C(C)C(=O)OCCCCCCCCCCCC(C)O. The van der Waals surface area contributed by atoms with Crippen LogP contribution in [0.1, 0.15) is 78.1 Å². The Labute approximate surface area is 124 Å². The Morgan fingerprint density at radius 3 is 1.90 bits per heavy atom. The highest BCUT2D eigenvalue weighted by Gasteiger charge is 2.01. The maximum atomic E-state index is 11.1. The second-order valence-electron chi connectivity index (χ2n) is 5.74. The largest absolute Gasteiger partial charge is 0.462 e. The molecule has 1 atom stereocenters. The summed E-state index contributed by atoms with van der Waals surface area (Å²) in [6.07, 6.45) is 11.6. The summed E-state index contributed by atoms with van der Waals surface area (Å²) >= 11 is 0. The average Bonchev–Trinajstić information content (AvgIpc) is 2.39. The van der Waals surface area contributed by atoms with Crippen molar-refractivity contribution in [3.05, 3.63) is 12.2 Å². The number of ether oxygens (including phenoxy) is 1. The van der Waals surface area contributed by atoms with Crippen LogP contribution < -0.4 is 0 Å². The molecular weight excluding hydrogens is 252 g/mol. The van der Waals surface area contributed by atoms with Crippen molar-refractivity contribution in [2.24, 2.45) is 0 Å². The Morgan fingerprint density at radius 2 is 1.45 bits per heavy atom. The lowest BCUT2D eigenvalue weighted by molar-refractivity contribution is -0.139. The van der Waals surface area contributed by atoms with E-state index in [4.69, 9.17) is 9.84 Å². The third-order valence-electron chi connectivity index (χ3n) is 3.35. The second kappa shape index (κ2) is 13.2. The fourth-order valence-corrected chi connectivity index (χ4v) is 2.07. The number of rotatable bonds is 13. The zero-order valence-electron chi connectivity index (χ0n) is 13.3. The molecule has 0 aliphatic heterocycles. The lowest BCUT2D eigenvalue weighted by Gasteiger charge is -2.05. The summed E-state index contributed by atoms with van der Waals surface area (Å²) in [5, 5.41) is 9.12. The van der Waals surface area contributed by atoms with Crippen molar-refractivity contribution in [3.63, 3.8) is 0 Å². The Balaban J connectivity index is 3.10. The van der Waals surface area contributed by atoms with Crippen LogP contribution in [-0.4, -0.2) is 23.8 Å². The molecule has 20 heavy (non-hydrogen) atoms. The summed E-state index contributed by atoms with van der Waals surface area (Å²) in [6, 6.07) is 0. The monoisotopic (exact) mass is 284 g/mol. The molecule has 0 heterocycles. The normalized spacial score (nSPS) is 12.2. The molecule has 118 valence electrons. The van der Waals surface area contributed by atoms with Crippen molar-refractivity contribution in [1.82, 2.24) is 0 Å². The maximum absolute atomic E-state index is 11.1. The van der Waals surface area contributed by atoms with Gasteiger partial charge in [0.05, 0.1) is 12.7 Å². The van der Waals surface area contributed by atoms with Gasteiger partial charge in [0.2, 0.25) is 0 Å². The first-order valence-electron chi connectivity index (χ1n) is 8.04. The number of unbranched alkanes of at least 4 members (excludes halogenated alkanes) is 8. The number of hydrogen-bond donors (Lipinski definition) is 1. The van der Waals surface area contributed by atoms with Crippen LogP contribution >= 0.6 is 0 Å². The third-order valence-corrected chi connectivity index (χ3v) is 3.35. The highest BCUT2D eigenvalue weighted by molar-refractivity contribution is 5.86. The van der Waals surface area contributed by atoms with E-state index in [0.717, 1.165) is 25.7 Å². The van der Waals surface area contributed by atoms with Crippen molar-refractivity contribution < 1.29 is 14.6 Å². The van der Waals surface area contributed by atoms with E-state index in [-0.39, 0.29) is 12.1 Å². The van der Waals surface area contributed by atoms with Gasteiger partial charge in [-0.1, -0.05) is 57.9 Å². The quantitative estimate of drug-likeness (QED) is 0.310. The zero-order valence-corrected chi connectivity index (χ0v) is 13.3. The van der Waals surface area contributed by atoms with Crippen molar-refractivity contribution in [2.45, 2.75) is 84.2 Å². The van der Waals surface area contributed by atoms with E-state index < -0.39 is 0 Å². The number of esters is 1. The second-order valence-corrected chi connectivity index (χ2v) is 5.74. The topological polar surface area (TPSA) is 46.5 Å². The molecule has 3 heteroatoms. The van der Waals surface area contributed by atoms with Crippen LogP contribution in [0, 0.1) is 0 Å². The smallest absolute Gasteiger partial charge is 0.333 e. The van der Waals surface area contributed by atoms with Gasteiger partial charge >= 0.3 is 5.97 Å². The Kier molecular flexibility index (Phi) is 12.6. The highest BCUT2D eigenvalue weighted by Crippen LogP contribution is 2.11. The van der Waals surface area contributed by atoms with Gasteiger partial charge in [-0.2, -0.15) is 0 Å². The maximum Gasteiger partial charge on any atom is 0.333 e. The summed E-state index contributed by atoms with van der Waals surface area (Å²) in [7, 11) is 0. The average molecular weight is 284 g/mol.